The molecule has 1 fully saturated rings. The molecule has 0 aliphatic carbocycles. The third-order valence-corrected chi connectivity index (χ3v) is 4.96. The molecule has 1 aliphatic rings. The molecule has 0 atom stereocenters. The second-order valence-corrected chi connectivity index (χ2v) is 6.97. The second kappa shape index (κ2) is 8.70. The van der Waals surface area contributed by atoms with Gasteiger partial charge in [-0.25, -0.2) is 4.98 Å². The van der Waals surface area contributed by atoms with Crippen molar-refractivity contribution in [2.24, 2.45) is 0 Å². The monoisotopic (exact) mass is 379 g/mol. The maximum absolute atomic E-state index is 13.3. The number of anilines is 1. The van der Waals surface area contributed by atoms with Crippen LogP contribution in [0.4, 0.5) is 5.82 Å². The number of nitrogens with zero attached hydrogens (tertiary/aromatic N) is 4. The summed E-state index contributed by atoms with van der Waals surface area (Å²) >= 11 is 0. The van der Waals surface area contributed by atoms with E-state index in [2.05, 4.69) is 10.2 Å². The molecule has 2 aromatic rings. The van der Waals surface area contributed by atoms with E-state index in [-0.39, 0.29) is 16.7 Å². The summed E-state index contributed by atoms with van der Waals surface area (Å²) in [6, 6.07) is 5.63. The van der Waals surface area contributed by atoms with Crippen molar-refractivity contribution in [2.75, 3.05) is 24.5 Å². The van der Waals surface area contributed by atoms with Crippen molar-refractivity contribution >= 4 is 23.4 Å². The molecular weight excluding hydrogens is 354 g/mol. The quantitative estimate of drug-likeness (QED) is 0.651. The molecule has 0 saturated carbocycles. The highest BCUT2D eigenvalue weighted by Gasteiger charge is 2.21. The Hall–Kier alpha value is -3.14. The first kappa shape index (κ1) is 19.6. The molecule has 3 heterocycles. The van der Waals surface area contributed by atoms with Crippen LogP contribution in [0, 0.1) is 18.3 Å². The summed E-state index contributed by atoms with van der Waals surface area (Å²) in [5.41, 5.74) is 1.41. The number of nitrogens with one attached hydrogen (secondary N) is 1. The third kappa shape index (κ3) is 3.91. The molecule has 0 spiro atoms. The number of carbonyl (C=O) groups is 1. The number of fused-ring (bicyclic) bond motifs is 1. The Bertz CT molecular complexity index is 1010. The molecule has 7 heteroatoms. The van der Waals surface area contributed by atoms with Crippen LogP contribution in [0.2, 0.25) is 0 Å². The fourth-order valence-corrected chi connectivity index (χ4v) is 3.50. The zero-order valence-corrected chi connectivity index (χ0v) is 16.4. The van der Waals surface area contributed by atoms with Gasteiger partial charge in [0.1, 0.15) is 23.1 Å². The summed E-state index contributed by atoms with van der Waals surface area (Å²) in [7, 11) is 0. The standard InChI is InChI=1S/C21H25N5O2/c1-3-23-20(27)16(14-22)13-17-19(25-10-6-4-5-7-11-25)24-18-15(2)9-8-12-26(18)21(17)28/h8-9,12-13H,3-7,10-11H2,1-2H3,(H,23,27)/b16-13+. The number of hydrogen-bond donors (Lipinski definition) is 1. The van der Waals surface area contributed by atoms with Crippen molar-refractivity contribution in [3.63, 3.8) is 0 Å². The number of likely N-dealkylation sites (N-methyl/N-ethyl adjacent to an activating group) is 1. The highest BCUT2D eigenvalue weighted by molar-refractivity contribution is 6.02. The van der Waals surface area contributed by atoms with E-state index in [0.717, 1.165) is 44.3 Å². The Morgan fingerprint density at radius 2 is 2.04 bits per heavy atom. The average molecular weight is 379 g/mol. The summed E-state index contributed by atoms with van der Waals surface area (Å²) in [6.07, 6.45) is 7.40. The van der Waals surface area contributed by atoms with Gasteiger partial charge in [0.05, 0.1) is 5.56 Å². The molecule has 0 radical (unpaired) electrons. The van der Waals surface area contributed by atoms with Gasteiger partial charge in [0.25, 0.3) is 11.5 Å². The molecule has 3 rings (SSSR count). The summed E-state index contributed by atoms with van der Waals surface area (Å²) in [5, 5.41) is 12.1. The minimum Gasteiger partial charge on any atom is -0.356 e. The van der Waals surface area contributed by atoms with Gasteiger partial charge in [-0.05, 0) is 44.4 Å². The topological polar surface area (TPSA) is 90.5 Å². The number of hydrogen-bond acceptors (Lipinski definition) is 5. The van der Waals surface area contributed by atoms with Crippen LogP contribution < -0.4 is 15.8 Å². The lowest BCUT2D eigenvalue weighted by molar-refractivity contribution is -0.116. The molecule has 2 aromatic heterocycles. The van der Waals surface area contributed by atoms with Crippen LogP contribution in [0.1, 0.15) is 43.7 Å². The van der Waals surface area contributed by atoms with Crippen LogP contribution in [-0.4, -0.2) is 34.9 Å². The highest BCUT2D eigenvalue weighted by Crippen LogP contribution is 2.23. The molecule has 1 amide bonds. The normalized spacial score (nSPS) is 15.2. The van der Waals surface area contributed by atoms with Crippen molar-refractivity contribution in [1.29, 1.82) is 5.26 Å². The van der Waals surface area contributed by atoms with Crippen LogP contribution in [-0.2, 0) is 4.79 Å². The maximum atomic E-state index is 13.3. The zero-order valence-electron chi connectivity index (χ0n) is 16.4. The molecule has 0 aromatic carbocycles. The number of aryl methyl sites for hydroxylation is 1. The number of amides is 1. The fourth-order valence-electron chi connectivity index (χ4n) is 3.50. The molecule has 0 bridgehead atoms. The Morgan fingerprint density at radius 1 is 1.32 bits per heavy atom. The lowest BCUT2D eigenvalue weighted by Gasteiger charge is -2.24. The lowest BCUT2D eigenvalue weighted by Crippen LogP contribution is -2.31. The van der Waals surface area contributed by atoms with E-state index in [1.807, 2.05) is 19.1 Å². The smallest absolute Gasteiger partial charge is 0.267 e. The molecule has 0 unspecified atom stereocenters. The van der Waals surface area contributed by atoms with Crippen LogP contribution in [0.25, 0.3) is 11.7 Å². The summed E-state index contributed by atoms with van der Waals surface area (Å²) in [6.45, 7) is 5.71. The SMILES string of the molecule is CCNC(=O)/C(C#N)=C/c1c(N2CCCCCC2)nc2c(C)cccn2c1=O. The van der Waals surface area contributed by atoms with E-state index < -0.39 is 5.91 Å². The minimum absolute atomic E-state index is 0.0931. The Kier molecular flexibility index (Phi) is 6.09. The molecule has 1 saturated heterocycles. The number of carbonyl (C=O) groups excluding carboxylic acids is 1. The molecule has 7 nitrogen and oxygen atoms in total. The highest BCUT2D eigenvalue weighted by atomic mass is 16.1. The predicted molar refractivity (Wildman–Crippen MR) is 109 cm³/mol. The molecular formula is C21H25N5O2. The average Bonchev–Trinajstić information content (AvgIpc) is 2.97. The third-order valence-electron chi connectivity index (χ3n) is 4.96. The van der Waals surface area contributed by atoms with Crippen LogP contribution >= 0.6 is 0 Å². The van der Waals surface area contributed by atoms with E-state index >= 15 is 0 Å². The molecule has 1 aliphatic heterocycles. The maximum Gasteiger partial charge on any atom is 0.267 e. The Morgan fingerprint density at radius 3 is 2.68 bits per heavy atom. The first-order valence-electron chi connectivity index (χ1n) is 9.73. The van der Waals surface area contributed by atoms with Crippen molar-refractivity contribution in [3.05, 3.63) is 45.4 Å². The van der Waals surface area contributed by atoms with E-state index in [9.17, 15) is 14.9 Å². The van der Waals surface area contributed by atoms with Gasteiger partial charge in [0.2, 0.25) is 0 Å². The van der Waals surface area contributed by atoms with Gasteiger partial charge in [-0.2, -0.15) is 5.26 Å². The van der Waals surface area contributed by atoms with Crippen molar-refractivity contribution in [1.82, 2.24) is 14.7 Å². The Labute approximate surface area is 164 Å². The van der Waals surface area contributed by atoms with Crippen LogP contribution in [0.5, 0.6) is 0 Å². The summed E-state index contributed by atoms with van der Waals surface area (Å²) < 4.78 is 1.48. The summed E-state index contributed by atoms with van der Waals surface area (Å²) in [5.74, 6) is 0.0683. The van der Waals surface area contributed by atoms with Crippen molar-refractivity contribution < 1.29 is 4.79 Å². The molecule has 146 valence electrons. The van der Waals surface area contributed by atoms with Gasteiger partial charge in [-0.3, -0.25) is 14.0 Å². The minimum atomic E-state index is -0.486. The predicted octanol–water partition coefficient (Wildman–Crippen LogP) is 2.43. The number of nitriles is 1. The number of aromatic nitrogens is 2. The summed E-state index contributed by atoms with van der Waals surface area (Å²) in [4.78, 5) is 32.4. The Balaban J connectivity index is 2.25. The van der Waals surface area contributed by atoms with Crippen LogP contribution in [0.3, 0.4) is 0 Å². The first-order valence-corrected chi connectivity index (χ1v) is 9.73. The second-order valence-electron chi connectivity index (χ2n) is 6.97. The molecule has 1 N–H and O–H groups in total. The zero-order chi connectivity index (χ0) is 20.1. The lowest BCUT2D eigenvalue weighted by atomic mass is 10.1. The van der Waals surface area contributed by atoms with E-state index in [1.165, 1.54) is 10.5 Å². The van der Waals surface area contributed by atoms with E-state index in [0.29, 0.717) is 18.0 Å². The van der Waals surface area contributed by atoms with Gasteiger partial charge < -0.3 is 10.2 Å². The van der Waals surface area contributed by atoms with E-state index in [1.54, 1.807) is 19.2 Å². The largest absolute Gasteiger partial charge is 0.356 e. The molecule has 28 heavy (non-hydrogen) atoms. The first-order chi connectivity index (χ1) is 13.6. The van der Waals surface area contributed by atoms with E-state index in [4.69, 9.17) is 4.98 Å². The van der Waals surface area contributed by atoms with Crippen molar-refractivity contribution in [2.45, 2.75) is 39.5 Å². The van der Waals surface area contributed by atoms with Crippen LogP contribution in [0.15, 0.2) is 28.7 Å². The van der Waals surface area contributed by atoms with Gasteiger partial charge in [0, 0.05) is 25.8 Å². The van der Waals surface area contributed by atoms with Crippen molar-refractivity contribution in [3.8, 4) is 6.07 Å². The van der Waals surface area contributed by atoms with Gasteiger partial charge in [0.15, 0.2) is 0 Å². The number of rotatable bonds is 4. The van der Waals surface area contributed by atoms with Gasteiger partial charge >= 0.3 is 0 Å². The van der Waals surface area contributed by atoms with Gasteiger partial charge in [-0.1, -0.05) is 18.9 Å². The van der Waals surface area contributed by atoms with Gasteiger partial charge in [-0.15, -0.1) is 0 Å². The fraction of sp³-hybridized carbons (Fsp3) is 0.429. The number of pyridine rings is 1.